The highest BCUT2D eigenvalue weighted by molar-refractivity contribution is 5.74. The number of hydrogen-bond donors (Lipinski definition) is 2. The van der Waals surface area contributed by atoms with Gasteiger partial charge in [-0.1, -0.05) is 0 Å². The number of carboxylic acid groups (broad SMARTS) is 1. The van der Waals surface area contributed by atoms with Crippen molar-refractivity contribution in [3.63, 3.8) is 0 Å². The lowest BCUT2D eigenvalue weighted by Gasteiger charge is -2.36. The average molecular weight is 216 g/mol. The molecule has 1 aliphatic rings. The van der Waals surface area contributed by atoms with E-state index in [0.717, 1.165) is 12.8 Å². The Bertz CT molecular complexity index is 215. The second-order valence-corrected chi connectivity index (χ2v) is 4.27. The molecule has 5 heteroatoms. The molecule has 0 aromatic rings. The molecule has 5 nitrogen and oxygen atoms in total. The quantitative estimate of drug-likeness (QED) is 0.678. The third-order valence-corrected chi connectivity index (χ3v) is 3.00. The zero-order chi connectivity index (χ0) is 11.4. The molecule has 1 aliphatic heterocycles. The second kappa shape index (κ2) is 5.44. The van der Waals surface area contributed by atoms with E-state index in [1.54, 1.807) is 0 Å². The minimum absolute atomic E-state index is 0.105. The highest BCUT2D eigenvalue weighted by atomic mass is 16.5. The van der Waals surface area contributed by atoms with Crippen LogP contribution < -0.4 is 5.73 Å². The van der Waals surface area contributed by atoms with E-state index in [1.165, 1.54) is 0 Å². The molecule has 0 aliphatic carbocycles. The van der Waals surface area contributed by atoms with Crippen LogP contribution in [0.3, 0.4) is 0 Å². The van der Waals surface area contributed by atoms with Crippen molar-refractivity contribution in [2.24, 2.45) is 11.7 Å². The van der Waals surface area contributed by atoms with Gasteiger partial charge in [0.15, 0.2) is 0 Å². The summed E-state index contributed by atoms with van der Waals surface area (Å²) in [4.78, 5) is 12.8. The van der Waals surface area contributed by atoms with E-state index < -0.39 is 12.0 Å². The van der Waals surface area contributed by atoms with E-state index in [9.17, 15) is 4.79 Å². The Hall–Kier alpha value is -0.650. The first-order valence-corrected chi connectivity index (χ1v) is 5.26. The van der Waals surface area contributed by atoms with Gasteiger partial charge in [-0.15, -0.1) is 0 Å². The number of aliphatic carboxylic acids is 1. The predicted molar refractivity (Wildman–Crippen MR) is 56.6 cm³/mol. The van der Waals surface area contributed by atoms with Crippen LogP contribution in [0.15, 0.2) is 0 Å². The van der Waals surface area contributed by atoms with E-state index in [4.69, 9.17) is 15.6 Å². The van der Waals surface area contributed by atoms with Crippen molar-refractivity contribution in [2.75, 3.05) is 27.3 Å². The maximum atomic E-state index is 10.9. The fourth-order valence-corrected chi connectivity index (χ4v) is 2.24. The van der Waals surface area contributed by atoms with Crippen LogP contribution in [-0.4, -0.2) is 55.4 Å². The number of nitrogens with two attached hydrogens (primary N) is 1. The monoisotopic (exact) mass is 216 g/mol. The lowest BCUT2D eigenvalue weighted by atomic mass is 9.86. The topological polar surface area (TPSA) is 75.8 Å². The number of hydrogen-bond acceptors (Lipinski definition) is 4. The van der Waals surface area contributed by atoms with Gasteiger partial charge < -0.3 is 20.5 Å². The molecular formula is C10H20N2O3. The van der Waals surface area contributed by atoms with Crippen LogP contribution >= 0.6 is 0 Å². The molecule has 1 saturated heterocycles. The van der Waals surface area contributed by atoms with Gasteiger partial charge in [0.1, 0.15) is 6.04 Å². The van der Waals surface area contributed by atoms with Crippen molar-refractivity contribution in [3.8, 4) is 0 Å². The van der Waals surface area contributed by atoms with Crippen LogP contribution in [0.25, 0.3) is 0 Å². The minimum Gasteiger partial charge on any atom is -0.480 e. The molecule has 0 aromatic carbocycles. The summed E-state index contributed by atoms with van der Waals surface area (Å²) in [6.45, 7) is 1.42. The maximum Gasteiger partial charge on any atom is 0.322 e. The molecule has 3 N–H and O–H groups in total. The van der Waals surface area contributed by atoms with E-state index in [-0.39, 0.29) is 6.04 Å². The Kier molecular flexibility index (Phi) is 4.50. The second-order valence-electron chi connectivity index (χ2n) is 4.27. The first kappa shape index (κ1) is 12.4. The first-order chi connectivity index (χ1) is 7.04. The molecule has 15 heavy (non-hydrogen) atoms. The predicted octanol–water partition coefficient (Wildman–Crippen LogP) is -0.245. The maximum absolute atomic E-state index is 10.9. The summed E-state index contributed by atoms with van der Waals surface area (Å²) in [5.74, 6) is -0.611. The fourth-order valence-electron chi connectivity index (χ4n) is 2.24. The van der Waals surface area contributed by atoms with Crippen molar-refractivity contribution < 1.29 is 14.6 Å². The highest BCUT2D eigenvalue weighted by Crippen LogP contribution is 2.23. The molecule has 88 valence electrons. The molecule has 0 saturated carbocycles. The third-order valence-electron chi connectivity index (χ3n) is 3.00. The molecule has 0 aromatic heterocycles. The largest absolute Gasteiger partial charge is 0.480 e. The summed E-state index contributed by atoms with van der Waals surface area (Å²) in [5, 5.41) is 8.95. The van der Waals surface area contributed by atoms with Crippen LogP contribution in [0.1, 0.15) is 12.8 Å². The molecule has 0 radical (unpaired) electrons. The molecule has 2 unspecified atom stereocenters. The number of nitrogens with zero attached hydrogens (tertiary/aromatic N) is 1. The normalized spacial score (nSPS) is 22.7. The summed E-state index contributed by atoms with van der Waals surface area (Å²) in [7, 11) is 3.76. The van der Waals surface area contributed by atoms with Crippen molar-refractivity contribution >= 4 is 5.97 Å². The van der Waals surface area contributed by atoms with Crippen LogP contribution in [-0.2, 0) is 9.53 Å². The number of carbonyl (C=O) groups is 1. The Balaban J connectivity index is 2.67. The van der Waals surface area contributed by atoms with Gasteiger partial charge in [0, 0.05) is 19.3 Å². The molecule has 1 heterocycles. The molecule has 0 amide bonds. The van der Waals surface area contributed by atoms with Crippen LogP contribution in [0.5, 0.6) is 0 Å². The van der Waals surface area contributed by atoms with Gasteiger partial charge >= 0.3 is 5.97 Å². The summed E-state index contributed by atoms with van der Waals surface area (Å²) in [6.07, 6.45) is 1.79. The molecule has 2 atom stereocenters. The minimum atomic E-state index is -0.930. The Morgan fingerprint density at radius 3 is 2.40 bits per heavy atom. The average Bonchev–Trinajstić information content (AvgIpc) is 2.18. The van der Waals surface area contributed by atoms with Crippen molar-refractivity contribution in [2.45, 2.75) is 24.9 Å². The van der Waals surface area contributed by atoms with Gasteiger partial charge in [0.05, 0.1) is 0 Å². The fraction of sp³-hybridized carbons (Fsp3) is 0.900. The zero-order valence-corrected chi connectivity index (χ0v) is 9.35. The van der Waals surface area contributed by atoms with E-state index in [0.29, 0.717) is 19.1 Å². The first-order valence-electron chi connectivity index (χ1n) is 5.26. The number of ether oxygens (including phenoxy) is 1. The van der Waals surface area contributed by atoms with Gasteiger partial charge in [-0.3, -0.25) is 4.79 Å². The van der Waals surface area contributed by atoms with Crippen molar-refractivity contribution in [1.82, 2.24) is 4.90 Å². The van der Waals surface area contributed by atoms with Gasteiger partial charge in [-0.2, -0.15) is 0 Å². The number of likely N-dealkylation sites (N-methyl/N-ethyl adjacent to an activating group) is 1. The van der Waals surface area contributed by atoms with E-state index in [2.05, 4.69) is 0 Å². The standard InChI is InChI=1S/C10H20N2O3/c1-12(2)9(8(11)10(13)14)7-3-5-15-6-4-7/h7-9H,3-6,11H2,1-2H3,(H,13,14). The van der Waals surface area contributed by atoms with Gasteiger partial charge in [-0.25, -0.2) is 0 Å². The van der Waals surface area contributed by atoms with E-state index in [1.807, 2.05) is 19.0 Å². The van der Waals surface area contributed by atoms with Gasteiger partial charge in [0.2, 0.25) is 0 Å². The number of rotatable bonds is 4. The van der Waals surface area contributed by atoms with Crippen LogP contribution in [0, 0.1) is 5.92 Å². The third kappa shape index (κ3) is 3.15. The molecular weight excluding hydrogens is 196 g/mol. The Labute approximate surface area is 90.2 Å². The summed E-state index contributed by atoms with van der Waals surface area (Å²) >= 11 is 0. The molecule has 1 fully saturated rings. The van der Waals surface area contributed by atoms with Crippen LogP contribution in [0.2, 0.25) is 0 Å². The van der Waals surface area contributed by atoms with Crippen LogP contribution in [0.4, 0.5) is 0 Å². The molecule has 1 rings (SSSR count). The van der Waals surface area contributed by atoms with Gasteiger partial charge in [-0.05, 0) is 32.9 Å². The zero-order valence-electron chi connectivity index (χ0n) is 9.35. The summed E-state index contributed by atoms with van der Waals surface area (Å²) < 4.78 is 5.26. The van der Waals surface area contributed by atoms with Crippen molar-refractivity contribution in [3.05, 3.63) is 0 Å². The lowest BCUT2D eigenvalue weighted by Crippen LogP contribution is -2.54. The Morgan fingerprint density at radius 1 is 1.47 bits per heavy atom. The molecule has 0 bridgehead atoms. The Morgan fingerprint density at radius 2 is 2.00 bits per heavy atom. The van der Waals surface area contributed by atoms with E-state index >= 15 is 0 Å². The van der Waals surface area contributed by atoms with Gasteiger partial charge in [0.25, 0.3) is 0 Å². The highest BCUT2D eigenvalue weighted by Gasteiger charge is 2.34. The summed E-state index contributed by atoms with van der Waals surface area (Å²) in [5.41, 5.74) is 5.71. The summed E-state index contributed by atoms with van der Waals surface area (Å²) in [6, 6.07) is -0.922. The number of carboxylic acids is 1. The molecule has 0 spiro atoms. The van der Waals surface area contributed by atoms with Crippen molar-refractivity contribution in [1.29, 1.82) is 0 Å². The lowest BCUT2D eigenvalue weighted by molar-refractivity contribution is -0.141. The SMILES string of the molecule is CN(C)C(C1CCOCC1)C(N)C(=O)O. The smallest absolute Gasteiger partial charge is 0.322 e.